The number of hydrogen-bond donors (Lipinski definition) is 0. The minimum atomic E-state index is 0.887. The molecule has 1 aromatic rings. The van der Waals surface area contributed by atoms with Gasteiger partial charge in [-0.25, -0.2) is 0 Å². The van der Waals surface area contributed by atoms with Crippen LogP contribution >= 0.6 is 0 Å². The lowest BCUT2D eigenvalue weighted by Crippen LogP contribution is -2.07. The fraction of sp³-hybridized carbons (Fsp3) is 0.600. The van der Waals surface area contributed by atoms with Gasteiger partial charge in [0.15, 0.2) is 4.90 Å². The lowest BCUT2D eigenvalue weighted by molar-refractivity contribution is 0.385. The summed E-state index contributed by atoms with van der Waals surface area (Å²) in [6, 6.07) is 10.9. The Balaban J connectivity index is 1.76. The first-order chi connectivity index (χ1) is 7.75. The summed E-state index contributed by atoms with van der Waals surface area (Å²) in [4.78, 5) is 1.48. The summed E-state index contributed by atoms with van der Waals surface area (Å²) in [6.45, 7) is 4.75. The van der Waals surface area contributed by atoms with Gasteiger partial charge < -0.3 is 0 Å². The molecule has 1 saturated carbocycles. The highest BCUT2D eigenvalue weighted by atomic mass is 32.2. The smallest absolute Gasteiger partial charge is 0.0625 e. The SMILES string of the molecule is CC(C)C1CCC(C[SH+]c2ccccc2)C1. The average molecular weight is 235 g/mol. The van der Waals surface area contributed by atoms with E-state index in [1.165, 1.54) is 41.7 Å². The van der Waals surface area contributed by atoms with Crippen molar-refractivity contribution in [3.63, 3.8) is 0 Å². The summed E-state index contributed by atoms with van der Waals surface area (Å²) < 4.78 is 0. The van der Waals surface area contributed by atoms with E-state index >= 15 is 0 Å². The van der Waals surface area contributed by atoms with Gasteiger partial charge in [-0.05, 0) is 43.2 Å². The normalized spacial score (nSPS) is 25.2. The highest BCUT2D eigenvalue weighted by Crippen LogP contribution is 2.35. The Bertz CT molecular complexity index is 304. The van der Waals surface area contributed by atoms with Crippen LogP contribution in [0, 0.1) is 17.8 Å². The van der Waals surface area contributed by atoms with E-state index in [2.05, 4.69) is 44.2 Å². The highest BCUT2D eigenvalue weighted by molar-refractivity contribution is 7.78. The van der Waals surface area contributed by atoms with Crippen LogP contribution in [0.5, 0.6) is 0 Å². The zero-order valence-electron chi connectivity index (χ0n) is 10.4. The van der Waals surface area contributed by atoms with Crippen LogP contribution < -0.4 is 0 Å². The number of benzene rings is 1. The zero-order chi connectivity index (χ0) is 11.4. The molecule has 1 heteroatoms. The number of thiol groups is 1. The Hall–Kier alpha value is -0.430. The quantitative estimate of drug-likeness (QED) is 0.548. The standard InChI is InChI=1S/C15H22S/c1-12(2)14-9-8-13(10-14)11-16-15-6-4-3-5-7-15/h3-7,12-14H,8-11H2,1-2H3/p+1. The zero-order valence-corrected chi connectivity index (χ0v) is 11.3. The predicted molar refractivity (Wildman–Crippen MR) is 74.0 cm³/mol. The van der Waals surface area contributed by atoms with Crippen molar-refractivity contribution in [2.75, 3.05) is 5.75 Å². The second-order valence-corrected chi connectivity index (χ2v) is 6.56. The topological polar surface area (TPSA) is 0 Å². The second-order valence-electron chi connectivity index (χ2n) is 5.36. The fourth-order valence-electron chi connectivity index (χ4n) is 2.65. The molecule has 0 aliphatic heterocycles. The van der Waals surface area contributed by atoms with Gasteiger partial charge in [0.05, 0.1) is 0 Å². The molecule has 1 aromatic carbocycles. The van der Waals surface area contributed by atoms with Crippen LogP contribution in [-0.2, 0) is 11.8 Å². The molecule has 2 unspecified atom stereocenters. The first-order valence-corrected chi connectivity index (χ1v) is 7.56. The first-order valence-electron chi connectivity index (χ1n) is 6.48. The molecule has 0 bridgehead atoms. The Morgan fingerprint density at radius 2 is 1.94 bits per heavy atom. The van der Waals surface area contributed by atoms with Crippen LogP contribution in [0.2, 0.25) is 0 Å². The lowest BCUT2D eigenvalue weighted by atomic mass is 9.94. The molecule has 0 radical (unpaired) electrons. The van der Waals surface area contributed by atoms with E-state index in [9.17, 15) is 0 Å². The Morgan fingerprint density at radius 1 is 1.19 bits per heavy atom. The van der Waals surface area contributed by atoms with Crippen LogP contribution in [0.15, 0.2) is 35.2 Å². The van der Waals surface area contributed by atoms with Gasteiger partial charge in [0, 0.05) is 17.7 Å². The molecule has 1 fully saturated rings. The van der Waals surface area contributed by atoms with Gasteiger partial charge >= 0.3 is 0 Å². The highest BCUT2D eigenvalue weighted by Gasteiger charge is 2.28. The molecule has 0 nitrogen and oxygen atoms in total. The van der Waals surface area contributed by atoms with Crippen molar-refractivity contribution in [3.05, 3.63) is 30.3 Å². The van der Waals surface area contributed by atoms with E-state index in [0.717, 1.165) is 17.8 Å². The summed E-state index contributed by atoms with van der Waals surface area (Å²) in [7, 11) is 0. The van der Waals surface area contributed by atoms with Crippen molar-refractivity contribution >= 4 is 11.8 Å². The van der Waals surface area contributed by atoms with Crippen molar-refractivity contribution in [3.8, 4) is 0 Å². The molecule has 0 saturated heterocycles. The Morgan fingerprint density at radius 3 is 2.56 bits per heavy atom. The third-order valence-corrected chi connectivity index (χ3v) is 5.18. The third-order valence-electron chi connectivity index (χ3n) is 3.81. The number of rotatable bonds is 4. The van der Waals surface area contributed by atoms with E-state index in [-0.39, 0.29) is 0 Å². The van der Waals surface area contributed by atoms with Gasteiger partial charge in [-0.1, -0.05) is 32.0 Å². The number of hydrogen-bond acceptors (Lipinski definition) is 0. The minimum Gasteiger partial charge on any atom is -0.0625 e. The lowest BCUT2D eigenvalue weighted by Gasteiger charge is -2.13. The maximum atomic E-state index is 2.38. The molecule has 0 aromatic heterocycles. The van der Waals surface area contributed by atoms with Crippen LogP contribution in [0.1, 0.15) is 33.1 Å². The van der Waals surface area contributed by atoms with Gasteiger partial charge in [-0.2, -0.15) is 0 Å². The van der Waals surface area contributed by atoms with Crippen LogP contribution in [0.3, 0.4) is 0 Å². The minimum absolute atomic E-state index is 0.887. The second kappa shape index (κ2) is 5.77. The van der Waals surface area contributed by atoms with E-state index in [1.807, 2.05) is 0 Å². The predicted octanol–water partition coefficient (Wildman–Crippen LogP) is 3.93. The maximum Gasteiger partial charge on any atom is 0.152 e. The largest absolute Gasteiger partial charge is 0.152 e. The third kappa shape index (κ3) is 3.28. The molecule has 1 aliphatic rings. The molecular weight excluding hydrogens is 212 g/mol. The van der Waals surface area contributed by atoms with Crippen molar-refractivity contribution < 1.29 is 0 Å². The molecule has 2 rings (SSSR count). The van der Waals surface area contributed by atoms with Gasteiger partial charge in [0.1, 0.15) is 5.75 Å². The Labute approximate surface area is 104 Å². The van der Waals surface area contributed by atoms with Gasteiger partial charge in [0.2, 0.25) is 0 Å². The summed E-state index contributed by atoms with van der Waals surface area (Å²) in [6.07, 6.45) is 4.40. The van der Waals surface area contributed by atoms with E-state index < -0.39 is 0 Å². The van der Waals surface area contributed by atoms with Crippen molar-refractivity contribution in [1.82, 2.24) is 0 Å². The van der Waals surface area contributed by atoms with Crippen molar-refractivity contribution in [1.29, 1.82) is 0 Å². The molecule has 0 amide bonds. The molecule has 88 valence electrons. The molecule has 0 N–H and O–H groups in total. The molecular formula is C15H23S+. The monoisotopic (exact) mass is 235 g/mol. The van der Waals surface area contributed by atoms with E-state index in [1.54, 1.807) is 0 Å². The Kier molecular flexibility index (Phi) is 4.34. The molecule has 0 spiro atoms. The average Bonchev–Trinajstić information content (AvgIpc) is 2.76. The first kappa shape index (κ1) is 12.0. The van der Waals surface area contributed by atoms with Crippen molar-refractivity contribution in [2.45, 2.75) is 38.0 Å². The summed E-state index contributed by atoms with van der Waals surface area (Å²) in [5.74, 6) is 4.23. The van der Waals surface area contributed by atoms with E-state index in [0.29, 0.717) is 0 Å². The molecule has 0 heterocycles. The van der Waals surface area contributed by atoms with Crippen LogP contribution in [-0.4, -0.2) is 5.75 Å². The molecule has 16 heavy (non-hydrogen) atoms. The van der Waals surface area contributed by atoms with Gasteiger partial charge in [-0.3, -0.25) is 0 Å². The van der Waals surface area contributed by atoms with Crippen LogP contribution in [0.25, 0.3) is 0 Å². The van der Waals surface area contributed by atoms with Gasteiger partial charge in [0.25, 0.3) is 0 Å². The summed E-state index contributed by atoms with van der Waals surface area (Å²) in [5.41, 5.74) is 0. The molecule has 1 aliphatic carbocycles. The maximum absolute atomic E-state index is 2.38. The van der Waals surface area contributed by atoms with E-state index in [4.69, 9.17) is 0 Å². The van der Waals surface area contributed by atoms with Crippen LogP contribution in [0.4, 0.5) is 0 Å². The molecule has 2 atom stereocenters. The summed E-state index contributed by atoms with van der Waals surface area (Å²) in [5, 5.41) is 0. The van der Waals surface area contributed by atoms with Gasteiger partial charge in [-0.15, -0.1) is 0 Å². The fourth-order valence-corrected chi connectivity index (χ4v) is 3.84. The van der Waals surface area contributed by atoms with Crippen molar-refractivity contribution in [2.24, 2.45) is 17.8 Å². The summed E-state index contributed by atoms with van der Waals surface area (Å²) >= 11 is 1.53.